The van der Waals surface area contributed by atoms with Gasteiger partial charge < -0.3 is 26.6 Å². The van der Waals surface area contributed by atoms with Gasteiger partial charge in [-0.15, -0.1) is 0 Å². The van der Waals surface area contributed by atoms with Gasteiger partial charge in [-0.3, -0.25) is 4.79 Å². The topological polar surface area (TPSA) is 39.7 Å². The Morgan fingerprint density at radius 2 is 1.32 bits per heavy atom. The Morgan fingerprint density at radius 3 is 1.94 bits per heavy atom. The summed E-state index contributed by atoms with van der Waals surface area (Å²) < 4.78 is 9.04. The van der Waals surface area contributed by atoms with Crippen molar-refractivity contribution in [1.82, 2.24) is 9.48 Å². The number of hydrogen-bond acceptors (Lipinski definition) is 3. The molecule has 1 aliphatic heterocycles. The fraction of sp³-hybridized carbons (Fsp3) is 0.532. The number of fused-ring (bicyclic) bond motifs is 2. The van der Waals surface area contributed by atoms with Crippen LogP contribution in [0.25, 0.3) is 33.4 Å². The minimum Gasteiger partial charge on any atom is -1.00 e. The predicted octanol–water partition coefficient (Wildman–Crippen LogP) is 8.98. The van der Waals surface area contributed by atoms with Gasteiger partial charge in [0, 0.05) is 66.6 Å². The fourth-order valence-corrected chi connectivity index (χ4v) is 7.54. The second-order valence-electron chi connectivity index (χ2n) is 14.4. The van der Waals surface area contributed by atoms with E-state index in [0.29, 0.717) is 12.1 Å². The number of rotatable bonds is 23. The van der Waals surface area contributed by atoms with Gasteiger partial charge in [-0.2, -0.15) is 0 Å². The third-order valence-corrected chi connectivity index (χ3v) is 10.7. The fourth-order valence-electron chi connectivity index (χ4n) is 7.54. The first-order valence-corrected chi connectivity index (χ1v) is 20.8. The van der Waals surface area contributed by atoms with Crippen molar-refractivity contribution in [3.05, 3.63) is 83.7 Å². The molecule has 0 saturated carbocycles. The molecule has 0 aromatic heterocycles. The number of halogens is 1. The van der Waals surface area contributed by atoms with Crippen molar-refractivity contribution >= 4 is 22.6 Å². The average Bonchev–Trinajstić information content (AvgIpc) is 3.17. The summed E-state index contributed by atoms with van der Waals surface area (Å²) in [5.41, 5.74) is 5.68. The van der Waals surface area contributed by atoms with E-state index in [-0.39, 0.29) is 18.3 Å². The minimum absolute atomic E-state index is 0. The zero-order valence-corrected chi connectivity index (χ0v) is 34.7. The summed E-state index contributed by atoms with van der Waals surface area (Å²) in [7, 11) is 1.91. The third kappa shape index (κ3) is 12.5. The highest BCUT2D eigenvalue weighted by Crippen LogP contribution is 2.42. The summed E-state index contributed by atoms with van der Waals surface area (Å²) in [4.78, 5) is 18.3. The lowest BCUT2D eigenvalue weighted by atomic mass is 9.90. The number of likely N-dealkylation sites (N-methyl/N-ethyl adjacent to an activating group) is 1. The van der Waals surface area contributed by atoms with Gasteiger partial charge in [-0.1, -0.05) is 114 Å². The molecule has 0 unspecified atom stereocenters. The van der Waals surface area contributed by atoms with Crippen molar-refractivity contribution < 1.29 is 21.6 Å². The number of anilines is 1. The zero-order valence-electron chi connectivity index (χ0n) is 33.9. The summed E-state index contributed by atoms with van der Waals surface area (Å²) in [5.74, 6) is 0.859. The number of allylic oxidation sites excluding steroid dienone is 1. The standard InChI is InChI=1S/C47H68N3O2.ClH/c1-7-12-13-14-15-16-17-18-19-20-21-22-23-24-25-28-35-48(6)47(51)41-30-27-26-29-40(41)46-42-33-31-38(49(8-2)9-3)36-44(42)52-45-37-39(32-34-43(45)46)50(10-4)11-5;/h25-34,36-37H,7-24,35H2,1-6H3;1H/q+1;/p-1. The van der Waals surface area contributed by atoms with Gasteiger partial charge in [0.1, 0.15) is 24.4 Å². The van der Waals surface area contributed by atoms with Crippen LogP contribution < -0.4 is 27.2 Å². The molecular weight excluding hydrogens is 674 g/mol. The van der Waals surface area contributed by atoms with Gasteiger partial charge in [0.25, 0.3) is 5.91 Å². The summed E-state index contributed by atoms with van der Waals surface area (Å²) >= 11 is 0. The normalized spacial score (nSPS) is 11.4. The van der Waals surface area contributed by atoms with Gasteiger partial charge in [0.15, 0.2) is 0 Å². The van der Waals surface area contributed by atoms with Crippen LogP contribution in [0, 0.1) is 0 Å². The van der Waals surface area contributed by atoms with Crippen LogP contribution in [0.1, 0.15) is 135 Å². The Labute approximate surface area is 327 Å². The second kappa shape index (κ2) is 24.0. The maximum Gasteiger partial charge on any atom is 0.254 e. The first-order chi connectivity index (χ1) is 25.5. The van der Waals surface area contributed by atoms with Gasteiger partial charge in [0.2, 0.25) is 5.36 Å². The number of nitrogens with zero attached hydrogens (tertiary/aromatic N) is 3. The molecule has 0 bridgehead atoms. The molecule has 0 spiro atoms. The lowest BCUT2D eigenvalue weighted by Gasteiger charge is -2.23. The zero-order chi connectivity index (χ0) is 37.1. The van der Waals surface area contributed by atoms with Crippen LogP contribution >= 0.6 is 0 Å². The van der Waals surface area contributed by atoms with Gasteiger partial charge >= 0.3 is 0 Å². The van der Waals surface area contributed by atoms with E-state index in [1.807, 2.05) is 30.1 Å². The monoisotopic (exact) mass is 742 g/mol. The highest BCUT2D eigenvalue weighted by molar-refractivity contribution is 6.09. The van der Waals surface area contributed by atoms with Crippen molar-refractivity contribution in [2.24, 2.45) is 0 Å². The first-order valence-electron chi connectivity index (χ1n) is 20.8. The van der Waals surface area contributed by atoms with Crippen molar-refractivity contribution in [2.45, 2.75) is 125 Å². The maximum absolute atomic E-state index is 14.1. The van der Waals surface area contributed by atoms with E-state index in [9.17, 15) is 4.79 Å². The Morgan fingerprint density at radius 1 is 0.698 bits per heavy atom. The lowest BCUT2D eigenvalue weighted by molar-refractivity contribution is -0.0000203. The number of carbonyl (C=O) groups is 1. The van der Waals surface area contributed by atoms with Gasteiger partial charge in [0.05, 0.1) is 6.07 Å². The smallest absolute Gasteiger partial charge is 0.254 e. The largest absolute Gasteiger partial charge is 1.00 e. The highest BCUT2D eigenvalue weighted by Gasteiger charge is 2.24. The molecule has 1 amide bonds. The molecule has 1 aliphatic carbocycles. The van der Waals surface area contributed by atoms with Crippen LogP contribution in [0.2, 0.25) is 0 Å². The predicted molar refractivity (Wildman–Crippen MR) is 225 cm³/mol. The Balaban J connectivity index is 0.00000756. The molecule has 0 N–H and O–H groups in total. The van der Waals surface area contributed by atoms with E-state index in [2.05, 4.69) is 98.7 Å². The van der Waals surface area contributed by atoms with Crippen LogP contribution in [-0.4, -0.2) is 50.6 Å². The maximum atomic E-state index is 14.1. The van der Waals surface area contributed by atoms with Crippen molar-refractivity contribution in [3.8, 4) is 22.5 Å². The van der Waals surface area contributed by atoms with Crippen LogP contribution in [-0.2, 0) is 0 Å². The highest BCUT2D eigenvalue weighted by atomic mass is 35.5. The molecule has 2 aliphatic rings. The summed E-state index contributed by atoms with van der Waals surface area (Å²) in [6.07, 6.45) is 23.3. The van der Waals surface area contributed by atoms with Crippen molar-refractivity contribution in [3.63, 3.8) is 0 Å². The van der Waals surface area contributed by atoms with Crippen LogP contribution in [0.5, 0.6) is 0 Å². The van der Waals surface area contributed by atoms with E-state index in [1.54, 1.807) is 0 Å². The van der Waals surface area contributed by atoms with Crippen LogP contribution in [0.4, 0.5) is 5.69 Å². The van der Waals surface area contributed by atoms with Gasteiger partial charge in [-0.05, 0) is 70.4 Å². The Bertz CT molecular complexity index is 1730. The summed E-state index contributed by atoms with van der Waals surface area (Å²) in [6, 6.07) is 21.1. The van der Waals surface area contributed by atoms with Crippen molar-refractivity contribution in [2.75, 3.05) is 44.7 Å². The molecule has 0 radical (unpaired) electrons. The number of unbranched alkanes of at least 4 members (excludes halogenated alkanes) is 13. The molecule has 1 heterocycles. The number of hydrogen-bond donors (Lipinski definition) is 0. The quantitative estimate of drug-likeness (QED) is 0.0330. The molecule has 6 heteroatoms. The Kier molecular flexibility index (Phi) is 19.8. The molecule has 290 valence electrons. The molecule has 2 aromatic rings. The number of benzene rings is 3. The van der Waals surface area contributed by atoms with E-state index < -0.39 is 0 Å². The molecule has 5 nitrogen and oxygen atoms in total. The lowest BCUT2D eigenvalue weighted by Crippen LogP contribution is -3.00. The molecule has 0 atom stereocenters. The molecule has 0 fully saturated rings. The van der Waals surface area contributed by atoms with E-state index in [4.69, 9.17) is 4.42 Å². The molecule has 0 saturated heterocycles. The summed E-state index contributed by atoms with van der Waals surface area (Å²) in [6.45, 7) is 15.3. The van der Waals surface area contributed by atoms with Crippen LogP contribution in [0.3, 0.4) is 0 Å². The first kappa shape index (κ1) is 43.8. The SMILES string of the molecule is CCCCCCCCCCCCCCCC=CCN(C)C(=O)c1ccccc1-c1c2ccc(=[N+](CC)CC)cc-2oc2cc(N(CC)CC)ccc12.[Cl-]. The minimum atomic E-state index is 0. The average molecular weight is 743 g/mol. The molecule has 4 rings (SSSR count). The van der Waals surface area contributed by atoms with E-state index >= 15 is 0 Å². The van der Waals surface area contributed by atoms with E-state index in [1.165, 1.54) is 83.5 Å². The van der Waals surface area contributed by atoms with E-state index in [0.717, 1.165) is 77.1 Å². The summed E-state index contributed by atoms with van der Waals surface area (Å²) in [5, 5.41) is 2.15. The number of amides is 1. The third-order valence-electron chi connectivity index (χ3n) is 10.7. The van der Waals surface area contributed by atoms with Crippen molar-refractivity contribution in [1.29, 1.82) is 0 Å². The van der Waals surface area contributed by atoms with Crippen LogP contribution in [0.15, 0.2) is 77.2 Å². The van der Waals surface area contributed by atoms with Gasteiger partial charge in [-0.25, -0.2) is 4.58 Å². The molecule has 53 heavy (non-hydrogen) atoms. The second-order valence-corrected chi connectivity index (χ2v) is 14.4. The molecule has 2 aromatic carbocycles. The number of carbonyl (C=O) groups excluding carboxylic acids is 1. The Hall–Kier alpha value is -3.57. The molecular formula is C47H68ClN3O2.